The number of carbonyl (C=O) groups excluding carboxylic acids is 1. The molecule has 4 heteroatoms. The molecule has 2 N–H and O–H groups in total. The minimum Gasteiger partial charge on any atom is -0.449 e. The molecule has 1 unspecified atom stereocenters. The summed E-state index contributed by atoms with van der Waals surface area (Å²) in [7, 11) is 0. The van der Waals surface area contributed by atoms with E-state index in [0.717, 1.165) is 16.8 Å². The summed E-state index contributed by atoms with van der Waals surface area (Å²) in [4.78, 5) is 13.5. The number of aryl methyl sites for hydroxylation is 2. The average molecular weight is 234 g/mol. The lowest BCUT2D eigenvalue weighted by atomic mass is 10.0. The zero-order valence-corrected chi connectivity index (χ0v) is 10.3. The maximum Gasteiger partial charge on any atom is 0.414 e. The fourth-order valence-corrected chi connectivity index (χ4v) is 2.21. The smallest absolute Gasteiger partial charge is 0.414 e. The molecule has 1 atom stereocenters. The predicted molar refractivity (Wildman–Crippen MR) is 67.2 cm³/mol. The first kappa shape index (κ1) is 11.9. The third kappa shape index (κ3) is 2.26. The Kier molecular flexibility index (Phi) is 3.33. The van der Waals surface area contributed by atoms with Gasteiger partial charge in [0.15, 0.2) is 0 Å². The van der Waals surface area contributed by atoms with Gasteiger partial charge in [0.2, 0.25) is 0 Å². The maximum absolute atomic E-state index is 11.8. The van der Waals surface area contributed by atoms with Crippen LogP contribution in [0.15, 0.2) is 18.2 Å². The van der Waals surface area contributed by atoms with Crippen molar-refractivity contribution in [3.8, 4) is 0 Å². The molecule has 1 aliphatic heterocycles. The molecule has 0 aliphatic carbocycles. The molecular weight excluding hydrogens is 216 g/mol. The van der Waals surface area contributed by atoms with Gasteiger partial charge in [0.1, 0.15) is 0 Å². The second-order valence-electron chi connectivity index (χ2n) is 4.53. The summed E-state index contributed by atoms with van der Waals surface area (Å²) in [6, 6.07) is 5.99. The molecule has 92 valence electrons. The van der Waals surface area contributed by atoms with Crippen LogP contribution in [0, 0.1) is 19.8 Å². The van der Waals surface area contributed by atoms with Crippen molar-refractivity contribution in [3.05, 3.63) is 29.3 Å². The molecule has 0 saturated carbocycles. The van der Waals surface area contributed by atoms with E-state index in [2.05, 4.69) is 0 Å². The van der Waals surface area contributed by atoms with Gasteiger partial charge in [-0.05, 0) is 25.0 Å². The summed E-state index contributed by atoms with van der Waals surface area (Å²) in [6.07, 6.45) is -0.271. The Hall–Kier alpha value is -1.55. The van der Waals surface area contributed by atoms with Crippen molar-refractivity contribution in [2.45, 2.75) is 13.8 Å². The van der Waals surface area contributed by atoms with Crippen molar-refractivity contribution in [3.63, 3.8) is 0 Å². The van der Waals surface area contributed by atoms with E-state index < -0.39 is 0 Å². The van der Waals surface area contributed by atoms with Gasteiger partial charge in [-0.25, -0.2) is 4.79 Å². The van der Waals surface area contributed by atoms with Crippen LogP contribution in [-0.4, -0.2) is 25.8 Å². The second kappa shape index (κ2) is 4.75. The lowest BCUT2D eigenvalue weighted by Gasteiger charge is -2.33. The lowest BCUT2D eigenvalue weighted by molar-refractivity contribution is 0.117. The Morgan fingerprint density at radius 2 is 2.06 bits per heavy atom. The number of hydrogen-bond acceptors (Lipinski definition) is 3. The molecule has 1 aromatic carbocycles. The van der Waals surface area contributed by atoms with E-state index in [0.29, 0.717) is 19.7 Å². The SMILES string of the molecule is Cc1cccc(C)c1N1CC(CN)COC1=O. The van der Waals surface area contributed by atoms with Crippen LogP contribution in [0.3, 0.4) is 0 Å². The number of hydrogen-bond donors (Lipinski definition) is 1. The lowest BCUT2D eigenvalue weighted by Crippen LogP contribution is -2.46. The molecule has 0 radical (unpaired) electrons. The van der Waals surface area contributed by atoms with E-state index in [1.54, 1.807) is 4.90 Å². The van der Waals surface area contributed by atoms with Crippen molar-refractivity contribution in [1.29, 1.82) is 0 Å². The summed E-state index contributed by atoms with van der Waals surface area (Å²) in [5.41, 5.74) is 8.77. The number of benzene rings is 1. The number of nitrogens with two attached hydrogens (primary N) is 1. The van der Waals surface area contributed by atoms with Crippen LogP contribution in [0.4, 0.5) is 10.5 Å². The number of nitrogens with zero attached hydrogens (tertiary/aromatic N) is 1. The summed E-state index contributed by atoms with van der Waals surface area (Å²) in [5.74, 6) is 0.215. The molecule has 1 aliphatic rings. The topological polar surface area (TPSA) is 55.6 Å². The van der Waals surface area contributed by atoms with Gasteiger partial charge in [-0.3, -0.25) is 4.90 Å². The third-order valence-corrected chi connectivity index (χ3v) is 3.15. The Labute approximate surface area is 101 Å². The molecule has 1 heterocycles. The number of ether oxygens (including phenoxy) is 1. The number of carbonyl (C=O) groups is 1. The van der Waals surface area contributed by atoms with E-state index >= 15 is 0 Å². The summed E-state index contributed by atoms with van der Waals surface area (Å²) >= 11 is 0. The van der Waals surface area contributed by atoms with Gasteiger partial charge in [-0.2, -0.15) is 0 Å². The molecule has 4 nitrogen and oxygen atoms in total. The van der Waals surface area contributed by atoms with E-state index in [1.165, 1.54) is 0 Å². The molecule has 2 rings (SSSR count). The molecular formula is C13H18N2O2. The molecule has 1 aromatic rings. The fraction of sp³-hybridized carbons (Fsp3) is 0.462. The van der Waals surface area contributed by atoms with E-state index in [1.807, 2.05) is 32.0 Å². The van der Waals surface area contributed by atoms with Gasteiger partial charge < -0.3 is 10.5 Å². The number of para-hydroxylation sites is 1. The standard InChI is InChI=1S/C13H18N2O2/c1-9-4-3-5-10(2)12(9)15-7-11(6-14)8-17-13(15)16/h3-5,11H,6-8,14H2,1-2H3. The highest BCUT2D eigenvalue weighted by Crippen LogP contribution is 2.27. The number of amides is 1. The van der Waals surface area contributed by atoms with Gasteiger partial charge in [0, 0.05) is 19.0 Å². The van der Waals surface area contributed by atoms with Gasteiger partial charge in [0.25, 0.3) is 0 Å². The number of cyclic esters (lactones) is 1. The highest BCUT2D eigenvalue weighted by atomic mass is 16.6. The Balaban J connectivity index is 2.34. The van der Waals surface area contributed by atoms with Crippen LogP contribution < -0.4 is 10.6 Å². The van der Waals surface area contributed by atoms with Gasteiger partial charge in [-0.15, -0.1) is 0 Å². The van der Waals surface area contributed by atoms with E-state index in [-0.39, 0.29) is 12.0 Å². The summed E-state index contributed by atoms with van der Waals surface area (Å²) in [5, 5.41) is 0. The number of anilines is 1. The first-order valence-corrected chi connectivity index (χ1v) is 5.84. The van der Waals surface area contributed by atoms with E-state index in [9.17, 15) is 4.79 Å². The zero-order valence-electron chi connectivity index (χ0n) is 10.3. The fourth-order valence-electron chi connectivity index (χ4n) is 2.21. The quantitative estimate of drug-likeness (QED) is 0.849. The molecule has 1 saturated heterocycles. The van der Waals surface area contributed by atoms with Gasteiger partial charge >= 0.3 is 6.09 Å². The molecule has 0 bridgehead atoms. The number of rotatable bonds is 2. The predicted octanol–water partition coefficient (Wildman–Crippen LogP) is 1.83. The van der Waals surface area contributed by atoms with Crippen LogP contribution in [0.25, 0.3) is 0 Å². The van der Waals surface area contributed by atoms with Crippen LogP contribution in [-0.2, 0) is 4.74 Å². The van der Waals surface area contributed by atoms with Crippen molar-refractivity contribution in [2.75, 3.05) is 24.6 Å². The maximum atomic E-state index is 11.8. The van der Waals surface area contributed by atoms with Crippen LogP contribution in [0.2, 0.25) is 0 Å². The van der Waals surface area contributed by atoms with Crippen molar-refractivity contribution in [1.82, 2.24) is 0 Å². The Morgan fingerprint density at radius 1 is 1.41 bits per heavy atom. The minimum atomic E-state index is -0.271. The van der Waals surface area contributed by atoms with Gasteiger partial charge in [0.05, 0.1) is 12.3 Å². The summed E-state index contributed by atoms with van der Waals surface area (Å²) < 4.78 is 5.17. The molecule has 1 fully saturated rings. The highest BCUT2D eigenvalue weighted by Gasteiger charge is 2.29. The normalized spacial score (nSPS) is 20.3. The molecule has 0 aromatic heterocycles. The third-order valence-electron chi connectivity index (χ3n) is 3.15. The zero-order chi connectivity index (χ0) is 12.4. The Morgan fingerprint density at radius 3 is 2.65 bits per heavy atom. The van der Waals surface area contributed by atoms with Crippen molar-refractivity contribution >= 4 is 11.8 Å². The monoisotopic (exact) mass is 234 g/mol. The van der Waals surface area contributed by atoms with Crippen molar-refractivity contribution < 1.29 is 9.53 Å². The largest absolute Gasteiger partial charge is 0.449 e. The molecule has 0 spiro atoms. The van der Waals surface area contributed by atoms with Crippen LogP contribution in [0.1, 0.15) is 11.1 Å². The minimum absolute atomic E-state index is 0.215. The highest BCUT2D eigenvalue weighted by molar-refractivity contribution is 5.90. The first-order valence-electron chi connectivity index (χ1n) is 5.84. The van der Waals surface area contributed by atoms with Gasteiger partial charge in [-0.1, -0.05) is 18.2 Å². The summed E-state index contributed by atoms with van der Waals surface area (Å²) in [6.45, 7) is 5.61. The van der Waals surface area contributed by atoms with Crippen LogP contribution >= 0.6 is 0 Å². The van der Waals surface area contributed by atoms with Crippen LogP contribution in [0.5, 0.6) is 0 Å². The first-order chi connectivity index (χ1) is 8.13. The second-order valence-corrected chi connectivity index (χ2v) is 4.53. The Bertz CT molecular complexity index is 411. The molecule has 17 heavy (non-hydrogen) atoms. The van der Waals surface area contributed by atoms with Crippen molar-refractivity contribution in [2.24, 2.45) is 11.7 Å². The van der Waals surface area contributed by atoms with E-state index in [4.69, 9.17) is 10.5 Å². The molecule has 1 amide bonds. The average Bonchev–Trinajstić information content (AvgIpc) is 2.31.